The van der Waals surface area contributed by atoms with Crippen molar-refractivity contribution in [2.45, 2.75) is 19.4 Å². The van der Waals surface area contributed by atoms with Gasteiger partial charge in [-0.2, -0.15) is 5.10 Å². The minimum Gasteiger partial charge on any atom is -0.370 e. The standard InChI is InChI=1S/C14H19N5OS.ClH/c15-6-11-1-3-18(4-2-11)13-5-14(20)19(17-7-13)8-12-9-21-10-16-12;/h5,7,9-11H,1-4,6,8,15H2;1H. The molecule has 3 heterocycles. The molecule has 2 aromatic heterocycles. The summed E-state index contributed by atoms with van der Waals surface area (Å²) in [5, 5.41) is 6.20. The predicted molar refractivity (Wildman–Crippen MR) is 91.0 cm³/mol. The topological polar surface area (TPSA) is 77.0 Å². The second-order valence-electron chi connectivity index (χ2n) is 5.36. The lowest BCUT2D eigenvalue weighted by molar-refractivity contribution is 0.414. The highest BCUT2D eigenvalue weighted by Crippen LogP contribution is 2.20. The van der Waals surface area contributed by atoms with Gasteiger partial charge in [0.2, 0.25) is 0 Å². The minimum absolute atomic E-state index is 0. The van der Waals surface area contributed by atoms with E-state index in [1.165, 1.54) is 16.0 Å². The molecule has 0 atom stereocenters. The van der Waals surface area contributed by atoms with Gasteiger partial charge in [0.05, 0.1) is 29.6 Å². The first-order chi connectivity index (χ1) is 10.3. The molecule has 0 amide bonds. The zero-order chi connectivity index (χ0) is 14.7. The average molecular weight is 342 g/mol. The number of halogens is 1. The van der Waals surface area contributed by atoms with Gasteiger partial charge in [0.15, 0.2) is 0 Å². The van der Waals surface area contributed by atoms with Crippen LogP contribution < -0.4 is 16.2 Å². The third kappa shape index (κ3) is 3.85. The van der Waals surface area contributed by atoms with Crippen LogP contribution in [-0.4, -0.2) is 34.4 Å². The number of aromatic nitrogens is 3. The Morgan fingerprint density at radius 3 is 2.73 bits per heavy atom. The summed E-state index contributed by atoms with van der Waals surface area (Å²) >= 11 is 1.52. The molecule has 3 rings (SSSR count). The van der Waals surface area contributed by atoms with Crippen molar-refractivity contribution in [3.05, 3.63) is 39.2 Å². The average Bonchev–Trinajstić information content (AvgIpc) is 3.02. The molecule has 2 N–H and O–H groups in total. The summed E-state index contributed by atoms with van der Waals surface area (Å²) in [6.45, 7) is 3.07. The van der Waals surface area contributed by atoms with Crippen molar-refractivity contribution >= 4 is 29.4 Å². The second-order valence-corrected chi connectivity index (χ2v) is 6.07. The van der Waals surface area contributed by atoms with Crippen LogP contribution in [0.25, 0.3) is 0 Å². The third-order valence-electron chi connectivity index (χ3n) is 3.96. The van der Waals surface area contributed by atoms with Crippen molar-refractivity contribution in [3.8, 4) is 0 Å². The summed E-state index contributed by atoms with van der Waals surface area (Å²) in [4.78, 5) is 18.6. The predicted octanol–water partition coefficient (Wildman–Crippen LogP) is 1.35. The molecule has 0 spiro atoms. The number of hydrogen-bond acceptors (Lipinski definition) is 6. The van der Waals surface area contributed by atoms with Gasteiger partial charge < -0.3 is 10.6 Å². The van der Waals surface area contributed by atoms with Crippen molar-refractivity contribution in [2.24, 2.45) is 11.7 Å². The number of thiazole rings is 1. The van der Waals surface area contributed by atoms with Gasteiger partial charge in [-0.1, -0.05) is 0 Å². The van der Waals surface area contributed by atoms with Gasteiger partial charge in [-0.25, -0.2) is 9.67 Å². The normalized spacial score (nSPS) is 15.6. The quantitative estimate of drug-likeness (QED) is 0.908. The number of nitrogens with two attached hydrogens (primary N) is 1. The van der Waals surface area contributed by atoms with Crippen molar-refractivity contribution < 1.29 is 0 Å². The van der Waals surface area contributed by atoms with Crippen LogP contribution in [0.5, 0.6) is 0 Å². The summed E-state index contributed by atoms with van der Waals surface area (Å²) in [7, 11) is 0. The molecule has 1 fully saturated rings. The summed E-state index contributed by atoms with van der Waals surface area (Å²) < 4.78 is 1.45. The molecule has 2 aromatic rings. The molecule has 22 heavy (non-hydrogen) atoms. The SMILES string of the molecule is Cl.NCC1CCN(c2cnn(Cc3cscn3)c(=O)c2)CC1. The molecule has 6 nitrogen and oxygen atoms in total. The first kappa shape index (κ1) is 16.9. The van der Waals surface area contributed by atoms with Crippen LogP contribution in [0, 0.1) is 5.92 Å². The zero-order valence-corrected chi connectivity index (χ0v) is 13.9. The lowest BCUT2D eigenvalue weighted by atomic mass is 9.97. The molecule has 1 aliphatic heterocycles. The van der Waals surface area contributed by atoms with Crippen molar-refractivity contribution in [1.82, 2.24) is 14.8 Å². The lowest BCUT2D eigenvalue weighted by Crippen LogP contribution is -2.37. The largest absolute Gasteiger partial charge is 0.370 e. The van der Waals surface area contributed by atoms with Gasteiger partial charge in [0, 0.05) is 24.5 Å². The number of hydrogen-bond donors (Lipinski definition) is 1. The Morgan fingerprint density at radius 1 is 1.36 bits per heavy atom. The molecule has 120 valence electrons. The highest BCUT2D eigenvalue weighted by molar-refractivity contribution is 7.07. The van der Waals surface area contributed by atoms with E-state index in [4.69, 9.17) is 5.73 Å². The second kappa shape index (κ2) is 7.71. The maximum Gasteiger partial charge on any atom is 0.269 e. The highest BCUT2D eigenvalue weighted by Gasteiger charge is 2.19. The Labute approximate surface area is 139 Å². The van der Waals surface area contributed by atoms with Crippen LogP contribution in [0.2, 0.25) is 0 Å². The lowest BCUT2D eigenvalue weighted by Gasteiger charge is -2.32. The maximum atomic E-state index is 12.2. The van der Waals surface area contributed by atoms with E-state index in [2.05, 4.69) is 15.0 Å². The molecule has 0 unspecified atom stereocenters. The van der Waals surface area contributed by atoms with Gasteiger partial charge >= 0.3 is 0 Å². The molecule has 0 aromatic carbocycles. The van der Waals surface area contributed by atoms with Crippen molar-refractivity contribution in [3.63, 3.8) is 0 Å². The van der Waals surface area contributed by atoms with Crippen LogP contribution in [-0.2, 0) is 6.54 Å². The zero-order valence-electron chi connectivity index (χ0n) is 12.2. The van der Waals surface area contributed by atoms with E-state index in [9.17, 15) is 4.79 Å². The van der Waals surface area contributed by atoms with E-state index in [1.807, 2.05) is 5.38 Å². The third-order valence-corrected chi connectivity index (χ3v) is 4.60. The molecule has 0 aliphatic carbocycles. The van der Waals surface area contributed by atoms with Gasteiger partial charge in [-0.15, -0.1) is 23.7 Å². The van der Waals surface area contributed by atoms with Crippen LogP contribution in [0.4, 0.5) is 5.69 Å². The Balaban J connectivity index is 0.00000176. The van der Waals surface area contributed by atoms with E-state index in [-0.39, 0.29) is 18.0 Å². The van der Waals surface area contributed by atoms with Gasteiger partial charge in [-0.05, 0) is 25.3 Å². The number of nitrogens with zero attached hydrogens (tertiary/aromatic N) is 4. The van der Waals surface area contributed by atoms with Crippen molar-refractivity contribution in [1.29, 1.82) is 0 Å². The number of piperidine rings is 1. The van der Waals surface area contributed by atoms with E-state index in [0.717, 1.165) is 43.9 Å². The molecule has 1 saturated heterocycles. The molecule has 1 aliphatic rings. The van der Waals surface area contributed by atoms with Crippen LogP contribution in [0.3, 0.4) is 0 Å². The molecule has 8 heteroatoms. The highest BCUT2D eigenvalue weighted by atomic mass is 35.5. The Kier molecular flexibility index (Phi) is 5.93. The van der Waals surface area contributed by atoms with E-state index < -0.39 is 0 Å². The smallest absolute Gasteiger partial charge is 0.269 e. The van der Waals surface area contributed by atoms with Gasteiger partial charge in [0.25, 0.3) is 5.56 Å². The molecular weight excluding hydrogens is 322 g/mol. The maximum absolute atomic E-state index is 12.2. The first-order valence-electron chi connectivity index (χ1n) is 7.15. The summed E-state index contributed by atoms with van der Waals surface area (Å²) in [5.41, 5.74) is 9.16. The van der Waals surface area contributed by atoms with Gasteiger partial charge in [0.1, 0.15) is 0 Å². The fourth-order valence-electron chi connectivity index (χ4n) is 2.61. The molecule has 0 saturated carbocycles. The molecule has 0 bridgehead atoms. The van der Waals surface area contributed by atoms with E-state index in [1.54, 1.807) is 17.8 Å². The van der Waals surface area contributed by atoms with Crippen LogP contribution in [0.15, 0.2) is 27.9 Å². The van der Waals surface area contributed by atoms with E-state index >= 15 is 0 Å². The Bertz CT molecular complexity index is 637. The fourth-order valence-corrected chi connectivity index (χ4v) is 3.16. The molecular formula is C14H20ClN5OS. The summed E-state index contributed by atoms with van der Waals surface area (Å²) in [6.07, 6.45) is 3.94. The van der Waals surface area contributed by atoms with E-state index in [0.29, 0.717) is 12.5 Å². The Morgan fingerprint density at radius 2 is 2.14 bits per heavy atom. The monoisotopic (exact) mass is 341 g/mol. The number of anilines is 1. The molecule has 0 radical (unpaired) electrons. The fraction of sp³-hybridized carbons (Fsp3) is 0.500. The summed E-state index contributed by atoms with van der Waals surface area (Å²) in [6, 6.07) is 1.67. The summed E-state index contributed by atoms with van der Waals surface area (Å²) in [5.74, 6) is 0.610. The first-order valence-corrected chi connectivity index (χ1v) is 8.10. The van der Waals surface area contributed by atoms with Gasteiger partial charge in [-0.3, -0.25) is 4.79 Å². The van der Waals surface area contributed by atoms with Crippen LogP contribution >= 0.6 is 23.7 Å². The van der Waals surface area contributed by atoms with Crippen LogP contribution in [0.1, 0.15) is 18.5 Å². The Hall–Kier alpha value is -1.44. The minimum atomic E-state index is -0.0820. The number of rotatable bonds is 4. The van der Waals surface area contributed by atoms with Crippen molar-refractivity contribution in [2.75, 3.05) is 24.5 Å².